The Balaban J connectivity index is 2.34. The van der Waals surface area contributed by atoms with Gasteiger partial charge in [0.15, 0.2) is 0 Å². The van der Waals surface area contributed by atoms with Crippen LogP contribution in [0.15, 0.2) is 0 Å². The molecule has 1 atom stereocenters. The standard InChI is InChI=1S/C12H21NO3/c1-9(2)3-5-13-6-4-10(7-11(13)14)8-12(15)16/h9-10H,3-8H2,1-2H3,(H,15,16). The third kappa shape index (κ3) is 4.21. The third-order valence-corrected chi connectivity index (χ3v) is 3.06. The van der Waals surface area contributed by atoms with Crippen LogP contribution in [0.4, 0.5) is 0 Å². The first-order chi connectivity index (χ1) is 7.49. The summed E-state index contributed by atoms with van der Waals surface area (Å²) in [5, 5.41) is 8.67. The maximum Gasteiger partial charge on any atom is 0.303 e. The molecule has 1 heterocycles. The first-order valence-corrected chi connectivity index (χ1v) is 5.98. The molecule has 1 rings (SSSR count). The van der Waals surface area contributed by atoms with E-state index < -0.39 is 5.97 Å². The molecule has 1 saturated heterocycles. The van der Waals surface area contributed by atoms with Gasteiger partial charge in [-0.2, -0.15) is 0 Å². The van der Waals surface area contributed by atoms with Crippen LogP contribution in [0.2, 0.25) is 0 Å². The zero-order valence-corrected chi connectivity index (χ0v) is 10.1. The fourth-order valence-electron chi connectivity index (χ4n) is 2.01. The highest BCUT2D eigenvalue weighted by atomic mass is 16.4. The molecule has 1 aliphatic heterocycles. The molecule has 16 heavy (non-hydrogen) atoms. The molecule has 0 aromatic rings. The van der Waals surface area contributed by atoms with E-state index in [0.29, 0.717) is 12.3 Å². The summed E-state index contributed by atoms with van der Waals surface area (Å²) in [7, 11) is 0. The molecule has 1 fully saturated rings. The summed E-state index contributed by atoms with van der Waals surface area (Å²) in [5.74, 6) is -0.0311. The van der Waals surface area contributed by atoms with Crippen molar-refractivity contribution < 1.29 is 14.7 Å². The summed E-state index contributed by atoms with van der Waals surface area (Å²) in [6.45, 7) is 5.82. The zero-order valence-electron chi connectivity index (χ0n) is 10.1. The second-order valence-electron chi connectivity index (χ2n) is 5.02. The molecule has 0 spiro atoms. The molecule has 1 N–H and O–H groups in total. The Kier molecular flexibility index (Phi) is 4.77. The van der Waals surface area contributed by atoms with Gasteiger partial charge in [-0.05, 0) is 24.7 Å². The third-order valence-electron chi connectivity index (χ3n) is 3.06. The number of carboxylic acids is 1. The van der Waals surface area contributed by atoms with Gasteiger partial charge in [-0.25, -0.2) is 0 Å². The van der Waals surface area contributed by atoms with Crippen LogP contribution in [0.5, 0.6) is 0 Å². The quantitative estimate of drug-likeness (QED) is 0.778. The van der Waals surface area contributed by atoms with E-state index in [-0.39, 0.29) is 18.2 Å². The van der Waals surface area contributed by atoms with Crippen LogP contribution in [0.25, 0.3) is 0 Å². The summed E-state index contributed by atoms with van der Waals surface area (Å²) in [6, 6.07) is 0. The van der Waals surface area contributed by atoms with Gasteiger partial charge in [0.2, 0.25) is 5.91 Å². The number of hydrogen-bond acceptors (Lipinski definition) is 2. The maximum absolute atomic E-state index is 11.7. The lowest BCUT2D eigenvalue weighted by molar-refractivity contribution is -0.140. The van der Waals surface area contributed by atoms with E-state index in [1.165, 1.54) is 0 Å². The molecule has 0 radical (unpaired) electrons. The minimum atomic E-state index is -0.798. The second-order valence-corrected chi connectivity index (χ2v) is 5.02. The molecule has 4 heteroatoms. The highest BCUT2D eigenvalue weighted by molar-refractivity contribution is 5.78. The largest absolute Gasteiger partial charge is 0.481 e. The number of nitrogens with zero attached hydrogens (tertiary/aromatic N) is 1. The lowest BCUT2D eigenvalue weighted by Crippen LogP contribution is -2.40. The normalized spacial score (nSPS) is 21.6. The smallest absolute Gasteiger partial charge is 0.303 e. The lowest BCUT2D eigenvalue weighted by atomic mass is 9.93. The van der Waals surface area contributed by atoms with Gasteiger partial charge in [-0.3, -0.25) is 9.59 Å². The number of piperidine rings is 1. The number of hydrogen-bond donors (Lipinski definition) is 1. The van der Waals surface area contributed by atoms with Crippen molar-refractivity contribution in [1.82, 2.24) is 4.90 Å². The summed E-state index contributed by atoms with van der Waals surface area (Å²) in [5.41, 5.74) is 0. The van der Waals surface area contributed by atoms with E-state index >= 15 is 0 Å². The Morgan fingerprint density at radius 3 is 2.75 bits per heavy atom. The predicted octanol–water partition coefficient (Wildman–Crippen LogP) is 1.75. The van der Waals surface area contributed by atoms with Gasteiger partial charge < -0.3 is 10.0 Å². The van der Waals surface area contributed by atoms with Gasteiger partial charge in [0.1, 0.15) is 0 Å². The van der Waals surface area contributed by atoms with Crippen molar-refractivity contribution in [3.05, 3.63) is 0 Å². The Hall–Kier alpha value is -1.06. The Morgan fingerprint density at radius 2 is 2.25 bits per heavy atom. The van der Waals surface area contributed by atoms with Crippen LogP contribution in [0, 0.1) is 11.8 Å². The van der Waals surface area contributed by atoms with Crippen LogP contribution in [-0.4, -0.2) is 35.0 Å². The summed E-state index contributed by atoms with van der Waals surface area (Å²) >= 11 is 0. The zero-order chi connectivity index (χ0) is 12.1. The van der Waals surface area contributed by atoms with Crippen molar-refractivity contribution in [1.29, 1.82) is 0 Å². The van der Waals surface area contributed by atoms with Crippen LogP contribution in [-0.2, 0) is 9.59 Å². The van der Waals surface area contributed by atoms with Gasteiger partial charge in [0, 0.05) is 25.9 Å². The van der Waals surface area contributed by atoms with Crippen molar-refractivity contribution in [3.8, 4) is 0 Å². The average molecular weight is 227 g/mol. The molecule has 4 nitrogen and oxygen atoms in total. The van der Waals surface area contributed by atoms with Gasteiger partial charge >= 0.3 is 5.97 Å². The maximum atomic E-state index is 11.7. The topological polar surface area (TPSA) is 57.6 Å². The van der Waals surface area contributed by atoms with E-state index in [2.05, 4.69) is 13.8 Å². The lowest BCUT2D eigenvalue weighted by Gasteiger charge is -2.31. The van der Waals surface area contributed by atoms with E-state index in [1.807, 2.05) is 4.90 Å². The number of carbonyl (C=O) groups is 2. The van der Waals surface area contributed by atoms with Crippen LogP contribution in [0.3, 0.4) is 0 Å². The van der Waals surface area contributed by atoms with Crippen molar-refractivity contribution in [2.24, 2.45) is 11.8 Å². The molecular weight excluding hydrogens is 206 g/mol. The number of rotatable bonds is 5. The van der Waals surface area contributed by atoms with Gasteiger partial charge in [0.05, 0.1) is 0 Å². The number of likely N-dealkylation sites (tertiary alicyclic amines) is 1. The van der Waals surface area contributed by atoms with E-state index in [1.54, 1.807) is 0 Å². The molecule has 92 valence electrons. The van der Waals surface area contributed by atoms with Crippen molar-refractivity contribution >= 4 is 11.9 Å². The molecule has 0 saturated carbocycles. The molecule has 0 bridgehead atoms. The second kappa shape index (κ2) is 5.87. The molecule has 1 aliphatic rings. The molecular formula is C12H21NO3. The first-order valence-electron chi connectivity index (χ1n) is 5.98. The van der Waals surface area contributed by atoms with Crippen molar-refractivity contribution in [2.45, 2.75) is 39.5 Å². The highest BCUT2D eigenvalue weighted by Crippen LogP contribution is 2.22. The highest BCUT2D eigenvalue weighted by Gasteiger charge is 2.26. The SMILES string of the molecule is CC(C)CCN1CCC(CC(=O)O)CC1=O. The molecule has 1 unspecified atom stereocenters. The van der Waals surface area contributed by atoms with E-state index in [0.717, 1.165) is 25.9 Å². The summed E-state index contributed by atoms with van der Waals surface area (Å²) < 4.78 is 0. The first kappa shape index (κ1) is 13.0. The molecule has 1 amide bonds. The minimum Gasteiger partial charge on any atom is -0.481 e. The van der Waals surface area contributed by atoms with Crippen molar-refractivity contribution in [3.63, 3.8) is 0 Å². The summed E-state index contributed by atoms with van der Waals surface area (Å²) in [6.07, 6.45) is 2.39. The molecule has 0 aliphatic carbocycles. The number of carbonyl (C=O) groups excluding carboxylic acids is 1. The summed E-state index contributed by atoms with van der Waals surface area (Å²) in [4.78, 5) is 24.2. The van der Waals surface area contributed by atoms with Gasteiger partial charge in [-0.15, -0.1) is 0 Å². The molecule has 0 aromatic carbocycles. The Morgan fingerprint density at radius 1 is 1.56 bits per heavy atom. The fraction of sp³-hybridized carbons (Fsp3) is 0.833. The van der Waals surface area contributed by atoms with Crippen LogP contribution >= 0.6 is 0 Å². The number of aliphatic carboxylic acids is 1. The van der Waals surface area contributed by atoms with Gasteiger partial charge in [0.25, 0.3) is 0 Å². The Bertz CT molecular complexity index is 263. The molecule has 0 aromatic heterocycles. The van der Waals surface area contributed by atoms with Crippen LogP contribution < -0.4 is 0 Å². The van der Waals surface area contributed by atoms with Crippen molar-refractivity contribution in [2.75, 3.05) is 13.1 Å². The minimum absolute atomic E-state index is 0.0419. The number of amides is 1. The number of carboxylic acid groups (broad SMARTS) is 1. The van der Waals surface area contributed by atoms with E-state index in [9.17, 15) is 9.59 Å². The fourth-order valence-corrected chi connectivity index (χ4v) is 2.01. The van der Waals surface area contributed by atoms with Crippen LogP contribution in [0.1, 0.15) is 39.5 Å². The Labute approximate surface area is 96.6 Å². The monoisotopic (exact) mass is 227 g/mol. The van der Waals surface area contributed by atoms with Gasteiger partial charge in [-0.1, -0.05) is 13.8 Å². The average Bonchev–Trinajstić information content (AvgIpc) is 2.15. The predicted molar refractivity (Wildman–Crippen MR) is 61.0 cm³/mol. The van der Waals surface area contributed by atoms with E-state index in [4.69, 9.17) is 5.11 Å².